The van der Waals surface area contributed by atoms with Gasteiger partial charge in [-0.3, -0.25) is 0 Å². The minimum absolute atomic E-state index is 0.00859. The first-order chi connectivity index (χ1) is 49.0. The van der Waals surface area contributed by atoms with Crippen LogP contribution in [-0.4, -0.2) is 125 Å². The van der Waals surface area contributed by atoms with Crippen molar-refractivity contribution in [1.29, 1.82) is 0 Å². The van der Waals surface area contributed by atoms with Gasteiger partial charge in [0.1, 0.15) is 79.9 Å². The Morgan fingerprint density at radius 1 is 0.343 bits per heavy atom. The summed E-state index contributed by atoms with van der Waals surface area (Å²) in [5, 5.41) is 0. The number of rotatable bonds is 31. The van der Waals surface area contributed by atoms with Crippen LogP contribution in [0.3, 0.4) is 0 Å². The summed E-state index contributed by atoms with van der Waals surface area (Å²) in [6.45, 7) is 0.759. The van der Waals surface area contributed by atoms with E-state index in [4.69, 9.17) is 75.8 Å². The van der Waals surface area contributed by atoms with Crippen molar-refractivity contribution in [3.63, 3.8) is 0 Å². The highest BCUT2D eigenvalue weighted by Crippen LogP contribution is 2.42. The Morgan fingerprint density at radius 3 is 1.10 bits per heavy atom. The molecule has 17 heteroatoms. The van der Waals surface area contributed by atoms with E-state index in [0.717, 1.165) is 44.5 Å². The van der Waals surface area contributed by atoms with Gasteiger partial charge in [0.05, 0.1) is 65.0 Å². The fraction of sp³-hybridized carbons (Fsp3) is 0.329. The van der Waals surface area contributed by atoms with Crippen LogP contribution >= 0.6 is 0 Å². The number of hydrogen-bond acceptors (Lipinski definition) is 17. The van der Waals surface area contributed by atoms with E-state index >= 15 is 0 Å². The summed E-state index contributed by atoms with van der Waals surface area (Å²) in [6, 6.07) is 87.6. The molecule has 16 atom stereocenters. The van der Waals surface area contributed by atoms with Crippen LogP contribution in [0.2, 0.25) is 0 Å². The van der Waals surface area contributed by atoms with Crippen LogP contribution < -0.4 is 0 Å². The standard InChI is InChI=1S/C82H84O17/c1-84-80-75(89-51-61-37-19-6-20-38-61)72(86-48-58-31-13-3-14-32-58)69(66(94-80)54-85-47-57-29-11-2-12-30-57)98-81-77(91-53-63-41-23-8-24-42-63)74(88-50-60-35-17-5-18-36-60)71(67(95-81)55-92-78(83)64-43-25-9-26-44-64)99-82-76(90-52-62-39-21-7-22-40-62)73(87-49-59-33-15-4-16-34-59)70-68(96-82)56-93-79(97-70)65-45-27-10-28-46-65/h2-46,66-77,79-82H,47-56H2,1H3/t66-,67-,68-,69-,70-,71-,72+,73+,74+,75+,76+,77+,79-,80+,81+,82+/m1/s1. The topological polar surface area (TPSA) is 165 Å². The quantitative estimate of drug-likeness (QED) is 0.0376. The number of carbonyl (C=O) groups is 1. The molecule has 0 saturated carbocycles. The van der Waals surface area contributed by atoms with E-state index in [1.807, 2.05) is 249 Å². The molecule has 0 aliphatic carbocycles. The highest BCUT2D eigenvalue weighted by atomic mass is 16.8. The van der Waals surface area contributed by atoms with E-state index in [-0.39, 0.29) is 66.1 Å². The maximum absolute atomic E-state index is 14.5. The van der Waals surface area contributed by atoms with Crippen LogP contribution in [0.1, 0.15) is 61.2 Å². The number of hydrogen-bond donors (Lipinski definition) is 0. The normalized spacial score (nSPS) is 26.8. The number of ether oxygens (including phenoxy) is 16. The lowest BCUT2D eigenvalue weighted by Gasteiger charge is -2.52. The third-order valence-corrected chi connectivity index (χ3v) is 17.8. The van der Waals surface area contributed by atoms with Crippen LogP contribution in [-0.2, 0) is 122 Å². The summed E-state index contributed by atoms with van der Waals surface area (Å²) >= 11 is 0. The van der Waals surface area contributed by atoms with Crippen molar-refractivity contribution in [2.75, 3.05) is 26.9 Å². The first-order valence-electron chi connectivity index (χ1n) is 33.9. The van der Waals surface area contributed by atoms with Crippen molar-refractivity contribution < 1.29 is 80.6 Å². The van der Waals surface area contributed by atoms with Crippen molar-refractivity contribution >= 4 is 5.97 Å². The molecule has 0 amide bonds. The lowest BCUT2D eigenvalue weighted by Crippen LogP contribution is -2.68. The molecule has 0 radical (unpaired) electrons. The van der Waals surface area contributed by atoms with Crippen LogP contribution in [0, 0.1) is 0 Å². The summed E-state index contributed by atoms with van der Waals surface area (Å²) in [6.07, 6.45) is -16.2. The molecule has 0 spiro atoms. The van der Waals surface area contributed by atoms with Gasteiger partial charge in [-0.05, 0) is 51.1 Å². The summed E-state index contributed by atoms with van der Waals surface area (Å²) in [5.74, 6) is -0.603. The number of esters is 1. The molecular formula is C82H84O17. The zero-order chi connectivity index (χ0) is 67.2. The van der Waals surface area contributed by atoms with E-state index in [1.165, 1.54) is 0 Å². The number of fused-ring (bicyclic) bond motifs is 1. The van der Waals surface area contributed by atoms with E-state index in [9.17, 15) is 4.79 Å². The molecular weight excluding hydrogens is 1260 g/mol. The molecule has 514 valence electrons. The van der Waals surface area contributed by atoms with Crippen LogP contribution in [0.5, 0.6) is 0 Å². The maximum atomic E-state index is 14.5. The van der Waals surface area contributed by atoms with E-state index < -0.39 is 104 Å². The summed E-state index contributed by atoms with van der Waals surface area (Å²) in [5.41, 5.74) is 7.46. The van der Waals surface area contributed by atoms with Crippen LogP contribution in [0.25, 0.3) is 0 Å². The Hall–Kier alpha value is -8.15. The van der Waals surface area contributed by atoms with Gasteiger partial charge in [0.2, 0.25) is 0 Å². The molecule has 4 heterocycles. The van der Waals surface area contributed by atoms with E-state index in [1.54, 1.807) is 31.4 Å². The molecule has 9 aromatic carbocycles. The molecule has 0 N–H and O–H groups in total. The highest BCUT2D eigenvalue weighted by Gasteiger charge is 2.58. The zero-order valence-electron chi connectivity index (χ0n) is 55.2. The average molecular weight is 1340 g/mol. The summed E-state index contributed by atoms with van der Waals surface area (Å²) < 4.78 is 113. The third-order valence-electron chi connectivity index (χ3n) is 17.8. The van der Waals surface area contributed by atoms with Crippen LogP contribution in [0.15, 0.2) is 273 Å². The summed E-state index contributed by atoms with van der Waals surface area (Å²) in [7, 11) is 1.58. The second-order valence-corrected chi connectivity index (χ2v) is 24.8. The Bertz CT molecular complexity index is 3760. The number of benzene rings is 9. The van der Waals surface area contributed by atoms with Crippen molar-refractivity contribution in [2.24, 2.45) is 0 Å². The Labute approximate surface area is 578 Å². The molecule has 0 bridgehead atoms. The van der Waals surface area contributed by atoms with Gasteiger partial charge in [-0.2, -0.15) is 0 Å². The lowest BCUT2D eigenvalue weighted by atomic mass is 9.94. The van der Waals surface area contributed by atoms with E-state index in [2.05, 4.69) is 0 Å². The minimum Gasteiger partial charge on any atom is -0.459 e. The Balaban J connectivity index is 0.924. The minimum atomic E-state index is -1.38. The molecule has 13 rings (SSSR count). The summed E-state index contributed by atoms with van der Waals surface area (Å²) in [4.78, 5) is 14.5. The Morgan fingerprint density at radius 2 is 0.677 bits per heavy atom. The van der Waals surface area contributed by atoms with Gasteiger partial charge in [-0.15, -0.1) is 0 Å². The van der Waals surface area contributed by atoms with Gasteiger partial charge in [-0.25, -0.2) is 4.79 Å². The molecule has 4 fully saturated rings. The van der Waals surface area contributed by atoms with Gasteiger partial charge in [0.15, 0.2) is 25.2 Å². The molecule has 4 aliphatic rings. The molecule has 4 aliphatic heterocycles. The van der Waals surface area contributed by atoms with E-state index in [0.29, 0.717) is 5.56 Å². The zero-order valence-corrected chi connectivity index (χ0v) is 55.2. The first-order valence-corrected chi connectivity index (χ1v) is 33.9. The van der Waals surface area contributed by atoms with Gasteiger partial charge < -0.3 is 75.8 Å². The smallest absolute Gasteiger partial charge is 0.338 e. The predicted octanol–water partition coefficient (Wildman–Crippen LogP) is 13.3. The second kappa shape index (κ2) is 35.8. The van der Waals surface area contributed by atoms with Gasteiger partial charge in [0.25, 0.3) is 0 Å². The fourth-order valence-electron chi connectivity index (χ4n) is 12.8. The SMILES string of the molecule is CO[C@H]1O[C@H](COCc2ccccc2)[C@@H](O[C@@H]2O[C@H](COC(=O)c3ccccc3)[C@@H](O[C@@H]3O[C@@H]4CO[C@@H](c5ccccc5)O[C@H]4[C@H](OCc4ccccc4)[C@@H]3OCc3ccccc3)[C@H](OCc3ccccc3)[C@@H]2OCc2ccccc2)[C@H](OCc2ccccc2)[C@@H]1OCc1ccccc1. The van der Waals surface area contributed by atoms with Crippen molar-refractivity contribution in [1.82, 2.24) is 0 Å². The first kappa shape index (κ1) is 69.3. The lowest BCUT2D eigenvalue weighted by molar-refractivity contribution is -0.405. The molecule has 99 heavy (non-hydrogen) atoms. The molecule has 17 nitrogen and oxygen atoms in total. The fourth-order valence-corrected chi connectivity index (χ4v) is 12.8. The van der Waals surface area contributed by atoms with Crippen molar-refractivity contribution in [2.45, 2.75) is 145 Å². The van der Waals surface area contributed by atoms with Gasteiger partial charge in [0, 0.05) is 12.7 Å². The number of methoxy groups -OCH3 is 1. The van der Waals surface area contributed by atoms with Crippen molar-refractivity contribution in [3.05, 3.63) is 323 Å². The monoisotopic (exact) mass is 1340 g/mol. The molecule has 9 aromatic rings. The van der Waals surface area contributed by atoms with Crippen molar-refractivity contribution in [3.8, 4) is 0 Å². The van der Waals surface area contributed by atoms with Gasteiger partial charge in [-0.1, -0.05) is 261 Å². The van der Waals surface area contributed by atoms with Crippen LogP contribution in [0.4, 0.5) is 0 Å². The maximum Gasteiger partial charge on any atom is 0.338 e. The highest BCUT2D eigenvalue weighted by molar-refractivity contribution is 5.89. The second-order valence-electron chi connectivity index (χ2n) is 24.8. The van der Waals surface area contributed by atoms with Gasteiger partial charge >= 0.3 is 5.97 Å². The molecule has 4 saturated heterocycles. The Kier molecular flexibility index (Phi) is 25.0. The largest absolute Gasteiger partial charge is 0.459 e. The predicted molar refractivity (Wildman–Crippen MR) is 366 cm³/mol. The molecule has 0 aromatic heterocycles. The molecule has 0 unspecified atom stereocenters. The third kappa shape index (κ3) is 18.8. The number of carbonyl (C=O) groups excluding carboxylic acids is 1. The average Bonchev–Trinajstić information content (AvgIpc) is 0.763.